The van der Waals surface area contributed by atoms with Crippen molar-refractivity contribution in [3.63, 3.8) is 0 Å². The molecule has 0 saturated carbocycles. The zero-order valence-electron chi connectivity index (χ0n) is 14.4. The minimum Gasteiger partial charge on any atom is -0.385 e. The van der Waals surface area contributed by atoms with Crippen molar-refractivity contribution in [1.82, 2.24) is 4.90 Å². The van der Waals surface area contributed by atoms with E-state index in [1.54, 1.807) is 0 Å². The molecule has 3 rings (SSSR count). The second-order valence-corrected chi connectivity index (χ2v) is 6.63. The van der Waals surface area contributed by atoms with Gasteiger partial charge in [0.1, 0.15) is 0 Å². The van der Waals surface area contributed by atoms with Gasteiger partial charge in [0.25, 0.3) is 0 Å². The summed E-state index contributed by atoms with van der Waals surface area (Å²) in [7, 11) is 0. The first-order valence-corrected chi connectivity index (χ1v) is 8.85. The zero-order valence-corrected chi connectivity index (χ0v) is 14.4. The van der Waals surface area contributed by atoms with Gasteiger partial charge >= 0.3 is 0 Å². The lowest BCUT2D eigenvalue weighted by molar-refractivity contribution is -0.0277. The maximum absolute atomic E-state index is 11.0. The lowest BCUT2D eigenvalue weighted by Crippen LogP contribution is -2.42. The summed E-state index contributed by atoms with van der Waals surface area (Å²) in [6.07, 6.45) is 1.56. The average Bonchev–Trinajstić information content (AvgIpc) is 2.63. The molecular weight excluding hydrogens is 298 g/mol. The van der Waals surface area contributed by atoms with E-state index in [-0.39, 0.29) is 0 Å². The highest BCUT2D eigenvalue weighted by atomic mass is 16.5. The highest BCUT2D eigenvalue weighted by molar-refractivity contribution is 5.27. The largest absolute Gasteiger partial charge is 0.385 e. The predicted octanol–water partition coefficient (Wildman–Crippen LogP) is 3.71. The fourth-order valence-electron chi connectivity index (χ4n) is 3.34. The maximum Gasteiger partial charge on any atom is 0.0920 e. The number of benzene rings is 2. The maximum atomic E-state index is 11.0. The van der Waals surface area contributed by atoms with Gasteiger partial charge in [-0.2, -0.15) is 0 Å². The van der Waals surface area contributed by atoms with Crippen molar-refractivity contribution in [2.24, 2.45) is 0 Å². The molecule has 1 N–H and O–H groups in total. The normalized spacial score (nSPS) is 17.8. The van der Waals surface area contributed by atoms with Crippen LogP contribution in [0.15, 0.2) is 54.6 Å². The van der Waals surface area contributed by atoms with E-state index in [0.29, 0.717) is 6.61 Å². The molecule has 1 fully saturated rings. The quantitative estimate of drug-likeness (QED) is 0.879. The summed E-state index contributed by atoms with van der Waals surface area (Å²) in [5.74, 6) is 0. The van der Waals surface area contributed by atoms with Gasteiger partial charge in [-0.05, 0) is 36.5 Å². The minimum absolute atomic E-state index is 0.639. The van der Waals surface area contributed by atoms with E-state index in [2.05, 4.69) is 53.4 Å². The Morgan fingerprint density at radius 2 is 1.62 bits per heavy atom. The molecule has 0 atom stereocenters. The summed E-state index contributed by atoms with van der Waals surface area (Å²) in [6.45, 7) is 6.17. The fraction of sp³-hybridized carbons (Fsp3) is 0.429. The molecule has 0 amide bonds. The highest BCUT2D eigenvalue weighted by Gasteiger charge is 2.33. The lowest BCUT2D eigenvalue weighted by Gasteiger charge is -2.38. The molecule has 24 heavy (non-hydrogen) atoms. The first-order chi connectivity index (χ1) is 11.7. The van der Waals surface area contributed by atoms with Crippen molar-refractivity contribution in [2.75, 3.05) is 19.7 Å². The Morgan fingerprint density at radius 3 is 2.25 bits per heavy atom. The molecule has 0 aromatic heterocycles. The molecule has 0 unspecified atom stereocenters. The van der Waals surface area contributed by atoms with Gasteiger partial charge in [-0.25, -0.2) is 0 Å². The second kappa shape index (κ2) is 7.93. The molecule has 3 heteroatoms. The SMILES string of the molecule is CCOCc1ccc(C2(O)CCN(Cc3ccccc3)CC2)cc1. The van der Waals surface area contributed by atoms with Crippen LogP contribution < -0.4 is 0 Å². The van der Waals surface area contributed by atoms with Crippen LogP contribution in [-0.4, -0.2) is 29.7 Å². The van der Waals surface area contributed by atoms with Crippen LogP contribution in [0.1, 0.15) is 36.5 Å². The van der Waals surface area contributed by atoms with Crippen LogP contribution in [0.4, 0.5) is 0 Å². The van der Waals surface area contributed by atoms with Gasteiger partial charge in [0.15, 0.2) is 0 Å². The molecule has 0 aliphatic carbocycles. The summed E-state index contributed by atoms with van der Waals surface area (Å²) in [5.41, 5.74) is 2.83. The van der Waals surface area contributed by atoms with Crippen LogP contribution in [0.25, 0.3) is 0 Å². The van der Waals surface area contributed by atoms with Crippen molar-refractivity contribution in [2.45, 2.75) is 38.5 Å². The molecule has 0 spiro atoms. The van der Waals surface area contributed by atoms with Gasteiger partial charge in [-0.1, -0.05) is 54.6 Å². The Morgan fingerprint density at radius 1 is 0.958 bits per heavy atom. The topological polar surface area (TPSA) is 32.7 Å². The summed E-state index contributed by atoms with van der Waals surface area (Å²) in [4.78, 5) is 2.42. The number of nitrogens with zero attached hydrogens (tertiary/aromatic N) is 1. The van der Waals surface area contributed by atoms with E-state index >= 15 is 0 Å². The van der Waals surface area contributed by atoms with Crippen LogP contribution in [-0.2, 0) is 23.5 Å². The Balaban J connectivity index is 1.57. The van der Waals surface area contributed by atoms with E-state index in [1.807, 2.05) is 13.0 Å². The molecule has 0 bridgehead atoms. The van der Waals surface area contributed by atoms with E-state index in [1.165, 1.54) is 5.56 Å². The van der Waals surface area contributed by atoms with Gasteiger partial charge in [-0.3, -0.25) is 4.90 Å². The Bertz CT molecular complexity index is 616. The van der Waals surface area contributed by atoms with Gasteiger partial charge in [0.2, 0.25) is 0 Å². The third kappa shape index (κ3) is 4.23. The van der Waals surface area contributed by atoms with Gasteiger partial charge in [-0.15, -0.1) is 0 Å². The van der Waals surface area contributed by atoms with Crippen LogP contribution in [0.3, 0.4) is 0 Å². The number of aliphatic hydroxyl groups is 1. The Kier molecular flexibility index (Phi) is 5.67. The first kappa shape index (κ1) is 17.2. The van der Waals surface area contributed by atoms with Crippen LogP contribution in [0.5, 0.6) is 0 Å². The Labute approximate surface area is 144 Å². The van der Waals surface area contributed by atoms with Crippen molar-refractivity contribution >= 4 is 0 Å². The zero-order chi connectivity index (χ0) is 16.8. The molecule has 3 nitrogen and oxygen atoms in total. The van der Waals surface area contributed by atoms with Gasteiger partial charge < -0.3 is 9.84 Å². The first-order valence-electron chi connectivity index (χ1n) is 8.85. The number of hydrogen-bond acceptors (Lipinski definition) is 3. The summed E-state index contributed by atoms with van der Waals surface area (Å²) >= 11 is 0. The Hall–Kier alpha value is -1.68. The lowest BCUT2D eigenvalue weighted by atomic mass is 9.84. The second-order valence-electron chi connectivity index (χ2n) is 6.63. The number of likely N-dealkylation sites (tertiary alicyclic amines) is 1. The molecule has 1 heterocycles. The third-order valence-electron chi connectivity index (χ3n) is 4.90. The van der Waals surface area contributed by atoms with E-state index in [9.17, 15) is 5.11 Å². The van der Waals surface area contributed by atoms with Crippen molar-refractivity contribution < 1.29 is 9.84 Å². The van der Waals surface area contributed by atoms with E-state index < -0.39 is 5.60 Å². The van der Waals surface area contributed by atoms with Gasteiger partial charge in [0, 0.05) is 26.2 Å². The predicted molar refractivity (Wildman–Crippen MR) is 96.6 cm³/mol. The van der Waals surface area contributed by atoms with Crippen molar-refractivity contribution in [3.8, 4) is 0 Å². The molecule has 1 aliphatic heterocycles. The summed E-state index contributed by atoms with van der Waals surface area (Å²) in [6, 6.07) is 18.8. The molecule has 1 aliphatic rings. The molecular formula is C21H27NO2. The van der Waals surface area contributed by atoms with Crippen molar-refractivity contribution in [1.29, 1.82) is 0 Å². The summed E-state index contributed by atoms with van der Waals surface area (Å²) < 4.78 is 5.43. The third-order valence-corrected chi connectivity index (χ3v) is 4.90. The number of piperidine rings is 1. The van der Waals surface area contributed by atoms with Gasteiger partial charge in [0.05, 0.1) is 12.2 Å². The van der Waals surface area contributed by atoms with E-state index in [0.717, 1.165) is 50.2 Å². The molecule has 128 valence electrons. The minimum atomic E-state index is -0.697. The van der Waals surface area contributed by atoms with Crippen molar-refractivity contribution in [3.05, 3.63) is 71.3 Å². The highest BCUT2D eigenvalue weighted by Crippen LogP contribution is 2.33. The smallest absolute Gasteiger partial charge is 0.0920 e. The number of hydrogen-bond donors (Lipinski definition) is 1. The molecule has 0 radical (unpaired) electrons. The monoisotopic (exact) mass is 325 g/mol. The fourth-order valence-corrected chi connectivity index (χ4v) is 3.34. The van der Waals surface area contributed by atoms with Crippen LogP contribution in [0.2, 0.25) is 0 Å². The van der Waals surface area contributed by atoms with E-state index in [4.69, 9.17) is 4.74 Å². The molecule has 2 aromatic rings. The molecule has 2 aromatic carbocycles. The number of ether oxygens (including phenoxy) is 1. The standard InChI is InChI=1S/C21H27NO2/c1-2-24-17-19-8-10-20(11-9-19)21(23)12-14-22(15-13-21)16-18-6-4-3-5-7-18/h3-11,23H,2,12-17H2,1H3. The summed E-state index contributed by atoms with van der Waals surface area (Å²) in [5, 5.41) is 11.0. The van der Waals surface area contributed by atoms with Crippen LogP contribution in [0, 0.1) is 0 Å². The average molecular weight is 325 g/mol. The van der Waals surface area contributed by atoms with Crippen LogP contribution >= 0.6 is 0 Å². The number of rotatable bonds is 6. The molecule has 1 saturated heterocycles.